The van der Waals surface area contributed by atoms with E-state index >= 15 is 0 Å². The third-order valence-corrected chi connectivity index (χ3v) is 11.7. The fourth-order valence-electron chi connectivity index (χ4n) is 6.94. The first-order chi connectivity index (χ1) is 27.8. The van der Waals surface area contributed by atoms with Gasteiger partial charge in [-0.25, -0.2) is 4.57 Å². The Labute approximate surface area is 349 Å². The third kappa shape index (κ3) is 26.0. The van der Waals surface area contributed by atoms with Crippen molar-refractivity contribution in [3.8, 4) is 0 Å². The molecule has 58 heavy (non-hydrogen) atoms. The highest BCUT2D eigenvalue weighted by Gasteiger charge is 2.51. The number of aliphatic hydroxyl groups is 7. The number of phosphoric acid groups is 1. The van der Waals surface area contributed by atoms with Crippen LogP contribution in [0.3, 0.4) is 0 Å². The minimum absolute atomic E-state index is 0.264. The van der Waals surface area contributed by atoms with Gasteiger partial charge in [-0.2, -0.15) is 0 Å². The summed E-state index contributed by atoms with van der Waals surface area (Å²) in [6.45, 7) is 3.65. The Kier molecular flexibility index (Phi) is 32.1. The molecular weight excluding hydrogens is 765 g/mol. The van der Waals surface area contributed by atoms with Gasteiger partial charge < -0.3 is 46.0 Å². The average Bonchev–Trinajstić information content (AvgIpc) is 3.19. The molecule has 0 heterocycles. The standard InChI is InChI=1S/C44H82NO12P/c1-3-5-7-9-11-13-14-15-16-17-18-19-20-21-22-24-26-28-30-32-37(47)36(45-38(48)33-35(46)31-29-27-25-23-12-10-8-6-4-2)34-56-58(54,55)57-44-42(52)40(50)39(49)41(51)43(44)53/h10,12,22,24,30,32,35-37,39-44,46-47,49-53H,3-9,11,13-21,23,25-29,31,33-34H2,1-2H3,(H,45,48)(H,54,55)/b12-10-,24-22+,32-30+. The number of nitrogens with one attached hydrogen (secondary N) is 1. The molecule has 1 saturated carbocycles. The first-order valence-electron chi connectivity index (χ1n) is 22.5. The van der Waals surface area contributed by atoms with Crippen LogP contribution >= 0.6 is 7.82 Å². The largest absolute Gasteiger partial charge is 0.472 e. The highest BCUT2D eigenvalue weighted by atomic mass is 31.2. The molecule has 340 valence electrons. The molecule has 9 N–H and O–H groups in total. The number of phosphoric ester groups is 1. The Morgan fingerprint density at radius 1 is 0.603 bits per heavy atom. The minimum Gasteiger partial charge on any atom is -0.393 e. The summed E-state index contributed by atoms with van der Waals surface area (Å²) in [4.78, 5) is 23.3. The molecule has 1 amide bonds. The predicted octanol–water partition coefficient (Wildman–Crippen LogP) is 6.97. The van der Waals surface area contributed by atoms with Crippen molar-refractivity contribution < 1.29 is 59.0 Å². The molecule has 0 radical (unpaired) electrons. The summed E-state index contributed by atoms with van der Waals surface area (Å²) in [6.07, 6.45) is 24.0. The van der Waals surface area contributed by atoms with Crippen LogP contribution in [0, 0.1) is 0 Å². The lowest BCUT2D eigenvalue weighted by molar-refractivity contribution is -0.220. The van der Waals surface area contributed by atoms with Crippen molar-refractivity contribution in [3.63, 3.8) is 0 Å². The molecule has 0 aromatic rings. The molecular formula is C44H82NO12P. The molecule has 1 aliphatic carbocycles. The lowest BCUT2D eigenvalue weighted by Crippen LogP contribution is -2.64. The molecule has 1 rings (SSSR count). The van der Waals surface area contributed by atoms with Crippen molar-refractivity contribution in [2.75, 3.05) is 6.61 Å². The van der Waals surface area contributed by atoms with Crippen molar-refractivity contribution in [3.05, 3.63) is 36.5 Å². The Bertz CT molecular complexity index is 1140. The maximum Gasteiger partial charge on any atom is 0.472 e. The van der Waals surface area contributed by atoms with Gasteiger partial charge in [0.1, 0.15) is 36.6 Å². The van der Waals surface area contributed by atoms with Gasteiger partial charge in [-0.05, 0) is 51.4 Å². The zero-order chi connectivity index (χ0) is 43.0. The van der Waals surface area contributed by atoms with Crippen LogP contribution in [0.15, 0.2) is 36.5 Å². The molecule has 1 fully saturated rings. The van der Waals surface area contributed by atoms with Gasteiger partial charge in [0.2, 0.25) is 5.91 Å². The molecule has 1 aliphatic rings. The summed E-state index contributed by atoms with van der Waals surface area (Å²) < 4.78 is 22.8. The Hall–Kier alpha value is -1.48. The molecule has 0 spiro atoms. The smallest absolute Gasteiger partial charge is 0.393 e. The van der Waals surface area contributed by atoms with E-state index in [1.165, 1.54) is 89.5 Å². The monoisotopic (exact) mass is 848 g/mol. The zero-order valence-electron chi connectivity index (χ0n) is 35.7. The molecule has 8 unspecified atom stereocenters. The number of hydrogen-bond acceptors (Lipinski definition) is 11. The van der Waals surface area contributed by atoms with E-state index in [4.69, 9.17) is 9.05 Å². The number of rotatable bonds is 36. The van der Waals surface area contributed by atoms with Crippen LogP contribution < -0.4 is 5.32 Å². The van der Waals surface area contributed by atoms with Gasteiger partial charge in [-0.15, -0.1) is 0 Å². The van der Waals surface area contributed by atoms with Crippen LogP contribution in [-0.4, -0.2) is 108 Å². The van der Waals surface area contributed by atoms with Gasteiger partial charge in [-0.1, -0.05) is 153 Å². The number of amides is 1. The second-order valence-electron chi connectivity index (χ2n) is 16.1. The first-order valence-corrected chi connectivity index (χ1v) is 24.0. The van der Waals surface area contributed by atoms with Crippen molar-refractivity contribution >= 4 is 13.7 Å². The molecule has 0 aromatic carbocycles. The lowest BCUT2D eigenvalue weighted by atomic mass is 9.85. The van der Waals surface area contributed by atoms with Crippen molar-refractivity contribution in [2.24, 2.45) is 0 Å². The molecule has 0 bridgehead atoms. The van der Waals surface area contributed by atoms with Gasteiger partial charge in [0, 0.05) is 0 Å². The van der Waals surface area contributed by atoms with Gasteiger partial charge >= 0.3 is 7.82 Å². The Balaban J connectivity index is 2.58. The molecule has 8 atom stereocenters. The number of carbonyl (C=O) groups excluding carboxylic acids is 1. The van der Waals surface area contributed by atoms with Crippen LogP contribution in [0.1, 0.15) is 174 Å². The Morgan fingerprint density at radius 3 is 1.57 bits per heavy atom. The van der Waals surface area contributed by atoms with Gasteiger partial charge in [0.05, 0.1) is 31.3 Å². The Morgan fingerprint density at radius 2 is 1.03 bits per heavy atom. The molecule has 0 aliphatic heterocycles. The van der Waals surface area contributed by atoms with E-state index in [0.29, 0.717) is 12.8 Å². The van der Waals surface area contributed by atoms with Gasteiger partial charge in [0.25, 0.3) is 0 Å². The summed E-state index contributed by atoms with van der Waals surface area (Å²) in [7, 11) is -5.15. The second-order valence-corrected chi connectivity index (χ2v) is 17.5. The van der Waals surface area contributed by atoms with E-state index in [1.807, 2.05) is 0 Å². The lowest BCUT2D eigenvalue weighted by Gasteiger charge is -2.41. The number of carbonyl (C=O) groups is 1. The topological polar surface area (TPSA) is 226 Å². The zero-order valence-corrected chi connectivity index (χ0v) is 36.6. The maximum absolute atomic E-state index is 12.9. The fraction of sp³-hybridized carbons (Fsp3) is 0.841. The van der Waals surface area contributed by atoms with Gasteiger partial charge in [-0.3, -0.25) is 13.8 Å². The maximum atomic E-state index is 12.9. The van der Waals surface area contributed by atoms with E-state index in [0.717, 1.165) is 57.8 Å². The summed E-state index contributed by atoms with van der Waals surface area (Å²) in [5, 5.41) is 74.2. The number of hydrogen-bond donors (Lipinski definition) is 9. The number of unbranched alkanes of at least 4 members (excludes halogenated alkanes) is 19. The van der Waals surface area contributed by atoms with E-state index in [1.54, 1.807) is 6.08 Å². The van der Waals surface area contributed by atoms with Crippen molar-refractivity contribution in [1.82, 2.24) is 5.32 Å². The summed E-state index contributed by atoms with van der Waals surface area (Å²) in [5.41, 5.74) is 0. The highest BCUT2D eigenvalue weighted by molar-refractivity contribution is 7.47. The van der Waals surface area contributed by atoms with Crippen LogP contribution in [0.5, 0.6) is 0 Å². The molecule has 13 nitrogen and oxygen atoms in total. The third-order valence-electron chi connectivity index (χ3n) is 10.7. The van der Waals surface area contributed by atoms with E-state index in [2.05, 4.69) is 43.5 Å². The second kappa shape index (κ2) is 34.1. The number of allylic oxidation sites excluding steroid dienone is 5. The summed E-state index contributed by atoms with van der Waals surface area (Å²) >= 11 is 0. The normalized spacial score (nSPS) is 24.1. The summed E-state index contributed by atoms with van der Waals surface area (Å²) in [5.74, 6) is -0.615. The van der Waals surface area contributed by atoms with Crippen LogP contribution in [0.25, 0.3) is 0 Å². The van der Waals surface area contributed by atoms with Crippen LogP contribution in [0.2, 0.25) is 0 Å². The summed E-state index contributed by atoms with van der Waals surface area (Å²) in [6, 6.07) is -1.26. The molecule has 14 heteroatoms. The quantitative estimate of drug-likeness (QED) is 0.0177. The molecule has 0 saturated heterocycles. The van der Waals surface area contributed by atoms with Gasteiger partial charge in [0.15, 0.2) is 0 Å². The van der Waals surface area contributed by atoms with E-state index in [-0.39, 0.29) is 6.42 Å². The van der Waals surface area contributed by atoms with E-state index < -0.39 is 75.2 Å². The van der Waals surface area contributed by atoms with Crippen LogP contribution in [-0.2, 0) is 18.4 Å². The van der Waals surface area contributed by atoms with Crippen LogP contribution in [0.4, 0.5) is 0 Å². The van der Waals surface area contributed by atoms with E-state index in [9.17, 15) is 50.0 Å². The van der Waals surface area contributed by atoms with Crippen molar-refractivity contribution in [2.45, 2.75) is 229 Å². The van der Waals surface area contributed by atoms with Crippen molar-refractivity contribution in [1.29, 1.82) is 0 Å². The highest BCUT2D eigenvalue weighted by Crippen LogP contribution is 2.47. The SMILES string of the molecule is CCCC/C=C\CCCCCC(O)CC(=O)NC(COP(=O)(O)OC1C(O)C(O)C(O)C(O)C1O)C(O)/C=C/CC/C=C/CCCCCCCCCCCCCCC. The fourth-order valence-corrected chi connectivity index (χ4v) is 7.91. The first kappa shape index (κ1) is 54.5. The molecule has 0 aromatic heterocycles. The minimum atomic E-state index is -5.15. The average molecular weight is 848 g/mol. The predicted molar refractivity (Wildman–Crippen MR) is 229 cm³/mol. The number of aliphatic hydroxyl groups excluding tert-OH is 7.